The molecule has 1 saturated heterocycles. The summed E-state index contributed by atoms with van der Waals surface area (Å²) in [4.78, 5) is 24.7. The van der Waals surface area contributed by atoms with Gasteiger partial charge in [0.25, 0.3) is 5.91 Å². The molecule has 1 N–H and O–H groups in total. The lowest BCUT2D eigenvalue weighted by Crippen LogP contribution is -2.41. The minimum absolute atomic E-state index is 0.0687. The summed E-state index contributed by atoms with van der Waals surface area (Å²) < 4.78 is 7.52. The predicted molar refractivity (Wildman–Crippen MR) is 139 cm³/mol. The molecule has 8 heteroatoms. The number of amides is 1. The van der Waals surface area contributed by atoms with Gasteiger partial charge in [-0.3, -0.25) is 24.3 Å². The maximum atomic E-state index is 13.0. The van der Waals surface area contributed by atoms with E-state index in [1.807, 2.05) is 55.6 Å². The maximum Gasteiger partial charge on any atom is 0.251 e. The van der Waals surface area contributed by atoms with Crippen molar-refractivity contribution >= 4 is 16.8 Å². The highest BCUT2D eigenvalue weighted by molar-refractivity contribution is 6.03. The second-order valence-corrected chi connectivity index (χ2v) is 9.46. The van der Waals surface area contributed by atoms with E-state index in [0.29, 0.717) is 12.1 Å². The number of nitrogens with zero attached hydrogens (tertiary/aromatic N) is 5. The van der Waals surface area contributed by atoms with Gasteiger partial charge in [0.1, 0.15) is 5.69 Å². The van der Waals surface area contributed by atoms with E-state index in [4.69, 9.17) is 14.8 Å². The van der Waals surface area contributed by atoms with Crippen LogP contribution in [0.4, 0.5) is 0 Å². The zero-order valence-electron chi connectivity index (χ0n) is 20.5. The van der Waals surface area contributed by atoms with Gasteiger partial charge in [0.15, 0.2) is 0 Å². The van der Waals surface area contributed by atoms with Gasteiger partial charge in [-0.25, -0.2) is 0 Å². The first kappa shape index (κ1) is 22.8. The monoisotopic (exact) mass is 482 g/mol. The Labute approximate surface area is 210 Å². The Morgan fingerprint density at radius 3 is 2.86 bits per heavy atom. The zero-order valence-corrected chi connectivity index (χ0v) is 20.5. The zero-order chi connectivity index (χ0) is 24.5. The molecule has 1 amide bonds. The molecule has 1 aromatic carbocycles. The summed E-state index contributed by atoms with van der Waals surface area (Å²) >= 11 is 0. The molecule has 8 nitrogen and oxygen atoms in total. The maximum absolute atomic E-state index is 13.0. The molecule has 0 spiro atoms. The Kier molecular flexibility index (Phi) is 6.21. The minimum atomic E-state index is -0.0687. The number of hydrogen-bond donors (Lipinski definition) is 1. The number of nitrogens with one attached hydrogen (secondary N) is 1. The van der Waals surface area contributed by atoms with Crippen LogP contribution in [0.3, 0.4) is 0 Å². The van der Waals surface area contributed by atoms with Crippen molar-refractivity contribution in [2.75, 3.05) is 39.4 Å². The summed E-state index contributed by atoms with van der Waals surface area (Å²) in [5, 5.41) is 9.00. The lowest BCUT2D eigenvalue weighted by Gasteiger charge is -2.26. The number of fused-ring (bicyclic) bond motifs is 2. The van der Waals surface area contributed by atoms with Crippen LogP contribution in [0.5, 0.6) is 0 Å². The summed E-state index contributed by atoms with van der Waals surface area (Å²) in [6.07, 6.45) is 3.89. The smallest absolute Gasteiger partial charge is 0.251 e. The first-order valence-electron chi connectivity index (χ1n) is 12.7. The third-order valence-corrected chi connectivity index (χ3v) is 7.06. The van der Waals surface area contributed by atoms with Gasteiger partial charge in [-0.1, -0.05) is 6.07 Å². The summed E-state index contributed by atoms with van der Waals surface area (Å²) in [5.74, 6) is -0.0687. The van der Waals surface area contributed by atoms with Gasteiger partial charge in [-0.05, 0) is 61.7 Å². The lowest BCUT2D eigenvalue weighted by molar-refractivity contribution is 0.0383. The molecule has 36 heavy (non-hydrogen) atoms. The molecule has 2 aliphatic heterocycles. The molecule has 0 atom stereocenters. The third kappa shape index (κ3) is 4.38. The highest BCUT2D eigenvalue weighted by Crippen LogP contribution is 2.39. The van der Waals surface area contributed by atoms with E-state index in [0.717, 1.165) is 91.3 Å². The van der Waals surface area contributed by atoms with Crippen LogP contribution in [0.2, 0.25) is 0 Å². The van der Waals surface area contributed by atoms with Gasteiger partial charge in [-0.15, -0.1) is 0 Å². The fraction of sp³-hybridized carbons (Fsp3) is 0.357. The fourth-order valence-electron chi connectivity index (χ4n) is 5.23. The largest absolute Gasteiger partial charge is 0.379 e. The molecule has 184 valence electrons. The van der Waals surface area contributed by atoms with Crippen LogP contribution in [0, 0.1) is 6.92 Å². The van der Waals surface area contributed by atoms with Crippen LogP contribution in [0.15, 0.2) is 48.7 Å². The topological polar surface area (TPSA) is 85.2 Å². The Morgan fingerprint density at radius 2 is 2.00 bits per heavy atom. The number of carbonyl (C=O) groups is 1. The lowest BCUT2D eigenvalue weighted by atomic mass is 9.95. The minimum Gasteiger partial charge on any atom is -0.379 e. The molecule has 6 rings (SSSR count). The van der Waals surface area contributed by atoms with Gasteiger partial charge in [0.2, 0.25) is 0 Å². The van der Waals surface area contributed by atoms with Crippen molar-refractivity contribution in [3.05, 3.63) is 65.6 Å². The number of aryl methyl sites for hydroxylation is 2. The fourth-order valence-corrected chi connectivity index (χ4v) is 5.23. The normalized spacial score (nSPS) is 15.8. The van der Waals surface area contributed by atoms with Crippen LogP contribution < -0.4 is 5.32 Å². The van der Waals surface area contributed by atoms with Crippen LogP contribution in [0.1, 0.15) is 28.2 Å². The van der Waals surface area contributed by atoms with Crippen LogP contribution in [-0.2, 0) is 17.7 Å². The highest BCUT2D eigenvalue weighted by Gasteiger charge is 2.26. The molecule has 1 fully saturated rings. The molecule has 5 heterocycles. The van der Waals surface area contributed by atoms with Crippen molar-refractivity contribution in [2.45, 2.75) is 26.3 Å². The number of carbonyl (C=O) groups excluding carboxylic acids is 1. The van der Waals surface area contributed by atoms with E-state index in [2.05, 4.69) is 19.9 Å². The first-order valence-corrected chi connectivity index (χ1v) is 12.7. The molecule has 0 radical (unpaired) electrons. The van der Waals surface area contributed by atoms with Crippen LogP contribution in [0.25, 0.3) is 33.4 Å². The summed E-state index contributed by atoms with van der Waals surface area (Å²) in [6, 6.07) is 13.8. The summed E-state index contributed by atoms with van der Waals surface area (Å²) in [5.41, 5.74) is 7.59. The quantitative estimate of drug-likeness (QED) is 0.453. The Balaban J connectivity index is 1.35. The number of pyridine rings is 2. The van der Waals surface area contributed by atoms with Crippen molar-refractivity contribution in [2.24, 2.45) is 0 Å². The second kappa shape index (κ2) is 9.79. The second-order valence-electron chi connectivity index (χ2n) is 9.46. The van der Waals surface area contributed by atoms with Crippen molar-refractivity contribution in [3.63, 3.8) is 0 Å². The molecular weight excluding hydrogens is 452 g/mol. The molecule has 0 unspecified atom stereocenters. The Hall–Kier alpha value is -3.62. The first-order chi connectivity index (χ1) is 17.7. The third-order valence-electron chi connectivity index (χ3n) is 7.06. The summed E-state index contributed by atoms with van der Waals surface area (Å²) in [6.45, 7) is 7.68. The van der Waals surface area contributed by atoms with E-state index < -0.39 is 0 Å². The highest BCUT2D eigenvalue weighted by atomic mass is 16.5. The van der Waals surface area contributed by atoms with Gasteiger partial charge < -0.3 is 10.1 Å². The Bertz CT molecular complexity index is 1420. The van der Waals surface area contributed by atoms with Crippen molar-refractivity contribution in [1.29, 1.82) is 0 Å². The number of morpholine rings is 1. The SMILES string of the molecule is Cc1cccc(-c2nn3c(c2-c2ccnc4ccc(C(=O)NCCN5CCOCC5)cc24)CCC3)n1. The van der Waals surface area contributed by atoms with E-state index >= 15 is 0 Å². The van der Waals surface area contributed by atoms with Gasteiger partial charge in [0.05, 0.1) is 24.4 Å². The molecule has 0 aliphatic carbocycles. The molecular formula is C28H30N6O2. The van der Waals surface area contributed by atoms with Crippen LogP contribution >= 0.6 is 0 Å². The summed E-state index contributed by atoms with van der Waals surface area (Å²) in [7, 11) is 0. The van der Waals surface area contributed by atoms with E-state index in [9.17, 15) is 4.79 Å². The number of hydrogen-bond acceptors (Lipinski definition) is 6. The van der Waals surface area contributed by atoms with E-state index in [1.165, 1.54) is 5.69 Å². The van der Waals surface area contributed by atoms with Gasteiger partial charge in [0, 0.05) is 66.8 Å². The van der Waals surface area contributed by atoms with Gasteiger partial charge >= 0.3 is 0 Å². The van der Waals surface area contributed by atoms with Crippen LogP contribution in [-0.4, -0.2) is 69.9 Å². The van der Waals surface area contributed by atoms with E-state index in [-0.39, 0.29) is 5.91 Å². The molecule has 3 aromatic heterocycles. The number of ether oxygens (including phenoxy) is 1. The molecule has 2 aliphatic rings. The van der Waals surface area contributed by atoms with Gasteiger partial charge in [-0.2, -0.15) is 5.10 Å². The van der Waals surface area contributed by atoms with Crippen molar-refractivity contribution in [1.82, 2.24) is 30.0 Å². The average molecular weight is 483 g/mol. The van der Waals surface area contributed by atoms with E-state index in [1.54, 1.807) is 0 Å². The Morgan fingerprint density at radius 1 is 1.11 bits per heavy atom. The average Bonchev–Trinajstić information content (AvgIpc) is 3.50. The number of benzene rings is 1. The standard InChI is InChI=1S/C28H30N6O2/c1-19-4-2-5-24(31-19)27-26(25-6-3-12-34(25)32-27)21-9-10-29-23-8-7-20(18-22(21)23)28(35)30-11-13-33-14-16-36-17-15-33/h2,4-5,7-10,18H,3,6,11-17H2,1H3,(H,30,35). The predicted octanol–water partition coefficient (Wildman–Crippen LogP) is 3.48. The molecule has 4 aromatic rings. The molecule has 0 saturated carbocycles. The molecule has 0 bridgehead atoms. The van der Waals surface area contributed by atoms with Crippen molar-refractivity contribution < 1.29 is 9.53 Å². The number of aromatic nitrogens is 4. The number of rotatable bonds is 6. The van der Waals surface area contributed by atoms with Crippen molar-refractivity contribution in [3.8, 4) is 22.5 Å².